The minimum Gasteiger partial charge on any atom is -0.444 e. The summed E-state index contributed by atoms with van der Waals surface area (Å²) in [5.74, 6) is 0.675. The van der Waals surface area contributed by atoms with Crippen molar-refractivity contribution in [3.05, 3.63) is 42.3 Å². The Morgan fingerprint density at radius 3 is 2.70 bits per heavy atom. The van der Waals surface area contributed by atoms with Gasteiger partial charge >= 0.3 is 0 Å². The van der Waals surface area contributed by atoms with Gasteiger partial charge in [-0.05, 0) is 45.0 Å². The van der Waals surface area contributed by atoms with Gasteiger partial charge in [0, 0.05) is 18.7 Å². The molecule has 0 aliphatic rings. The molecule has 1 heterocycles. The van der Waals surface area contributed by atoms with E-state index in [9.17, 15) is 0 Å². The standard InChI is InChI=1S/C16H22N2O2/c1-18(10-6-3-7-11-19)12-15-13-20-16(17-15)14-8-4-2-5-9-14/h2,4-5,8-9,13,19H,3,6-7,10-12H2,1H3. The highest BCUT2D eigenvalue weighted by Gasteiger charge is 2.08. The molecule has 2 rings (SSSR count). The molecule has 0 atom stereocenters. The van der Waals surface area contributed by atoms with Crippen LogP contribution in [-0.4, -0.2) is 35.2 Å². The molecule has 0 spiro atoms. The number of nitrogens with zero attached hydrogens (tertiary/aromatic N) is 2. The molecule has 4 nitrogen and oxygen atoms in total. The summed E-state index contributed by atoms with van der Waals surface area (Å²) in [6, 6.07) is 9.93. The van der Waals surface area contributed by atoms with E-state index in [1.807, 2.05) is 30.3 Å². The molecule has 0 saturated heterocycles. The second-order valence-electron chi connectivity index (χ2n) is 5.03. The van der Waals surface area contributed by atoms with Crippen LogP contribution in [0.25, 0.3) is 11.5 Å². The molecule has 1 aromatic carbocycles. The van der Waals surface area contributed by atoms with Crippen molar-refractivity contribution < 1.29 is 9.52 Å². The Labute approximate surface area is 120 Å². The van der Waals surface area contributed by atoms with Crippen molar-refractivity contribution in [2.24, 2.45) is 0 Å². The van der Waals surface area contributed by atoms with Crippen LogP contribution >= 0.6 is 0 Å². The molecule has 20 heavy (non-hydrogen) atoms. The summed E-state index contributed by atoms with van der Waals surface area (Å²) in [5.41, 5.74) is 1.96. The third-order valence-electron chi connectivity index (χ3n) is 3.20. The van der Waals surface area contributed by atoms with Crippen LogP contribution in [0.5, 0.6) is 0 Å². The smallest absolute Gasteiger partial charge is 0.226 e. The monoisotopic (exact) mass is 274 g/mol. The lowest BCUT2D eigenvalue weighted by Gasteiger charge is -2.14. The predicted molar refractivity (Wildman–Crippen MR) is 79.2 cm³/mol. The van der Waals surface area contributed by atoms with E-state index >= 15 is 0 Å². The average Bonchev–Trinajstić information content (AvgIpc) is 2.93. The average molecular weight is 274 g/mol. The molecule has 0 saturated carbocycles. The number of aliphatic hydroxyl groups excluding tert-OH is 1. The SMILES string of the molecule is CN(CCCCCO)Cc1coc(-c2ccccc2)n1. The van der Waals surface area contributed by atoms with E-state index in [1.54, 1.807) is 6.26 Å². The van der Waals surface area contributed by atoms with Crippen LogP contribution in [0.1, 0.15) is 25.0 Å². The summed E-state index contributed by atoms with van der Waals surface area (Å²) in [4.78, 5) is 6.74. The first-order chi connectivity index (χ1) is 9.79. The molecule has 2 aromatic rings. The second-order valence-corrected chi connectivity index (χ2v) is 5.03. The van der Waals surface area contributed by atoms with Gasteiger partial charge < -0.3 is 14.4 Å². The first kappa shape index (κ1) is 14.8. The van der Waals surface area contributed by atoms with E-state index in [1.165, 1.54) is 0 Å². The normalized spacial score (nSPS) is 11.2. The molecule has 1 aromatic heterocycles. The fourth-order valence-corrected chi connectivity index (χ4v) is 2.12. The van der Waals surface area contributed by atoms with Gasteiger partial charge in [-0.1, -0.05) is 18.2 Å². The van der Waals surface area contributed by atoms with Gasteiger partial charge in [0.1, 0.15) is 6.26 Å². The van der Waals surface area contributed by atoms with E-state index in [0.717, 1.165) is 43.6 Å². The summed E-state index contributed by atoms with van der Waals surface area (Å²) >= 11 is 0. The van der Waals surface area contributed by atoms with Crippen LogP contribution in [0, 0.1) is 0 Å². The van der Waals surface area contributed by atoms with Crippen LogP contribution < -0.4 is 0 Å². The summed E-state index contributed by atoms with van der Waals surface area (Å²) in [5, 5.41) is 8.74. The molecule has 108 valence electrons. The Morgan fingerprint density at radius 2 is 1.95 bits per heavy atom. The van der Waals surface area contributed by atoms with Crippen LogP contribution in [0.4, 0.5) is 0 Å². The first-order valence-corrected chi connectivity index (χ1v) is 7.09. The minimum atomic E-state index is 0.285. The largest absolute Gasteiger partial charge is 0.444 e. The molecule has 0 amide bonds. The molecular formula is C16H22N2O2. The molecule has 1 N–H and O–H groups in total. The van der Waals surface area contributed by atoms with E-state index in [0.29, 0.717) is 5.89 Å². The van der Waals surface area contributed by atoms with Crippen molar-refractivity contribution in [3.63, 3.8) is 0 Å². The highest BCUT2D eigenvalue weighted by molar-refractivity contribution is 5.52. The second kappa shape index (κ2) is 7.82. The predicted octanol–water partition coefficient (Wildman–Crippen LogP) is 2.94. The van der Waals surface area contributed by atoms with Crippen molar-refractivity contribution in [2.75, 3.05) is 20.2 Å². The van der Waals surface area contributed by atoms with Crippen molar-refractivity contribution in [1.29, 1.82) is 0 Å². The third kappa shape index (κ3) is 4.47. The van der Waals surface area contributed by atoms with Gasteiger partial charge in [0.15, 0.2) is 0 Å². The Bertz CT molecular complexity index is 496. The molecule has 4 heteroatoms. The Kier molecular flexibility index (Phi) is 5.77. The maximum absolute atomic E-state index is 8.74. The van der Waals surface area contributed by atoms with Gasteiger partial charge in [0.05, 0.1) is 5.69 Å². The van der Waals surface area contributed by atoms with E-state index in [-0.39, 0.29) is 6.61 Å². The summed E-state index contributed by atoms with van der Waals surface area (Å²) in [6.45, 7) is 2.08. The fourth-order valence-electron chi connectivity index (χ4n) is 2.12. The highest BCUT2D eigenvalue weighted by Crippen LogP contribution is 2.18. The number of oxazole rings is 1. The van der Waals surface area contributed by atoms with Crippen LogP contribution in [0.3, 0.4) is 0 Å². The lowest BCUT2D eigenvalue weighted by Crippen LogP contribution is -2.19. The van der Waals surface area contributed by atoms with Gasteiger partial charge in [-0.15, -0.1) is 0 Å². The number of aromatic nitrogens is 1. The number of rotatable bonds is 8. The van der Waals surface area contributed by atoms with Gasteiger partial charge in [0.25, 0.3) is 0 Å². The van der Waals surface area contributed by atoms with E-state index in [2.05, 4.69) is 16.9 Å². The van der Waals surface area contributed by atoms with Crippen molar-refractivity contribution in [3.8, 4) is 11.5 Å². The lowest BCUT2D eigenvalue weighted by atomic mass is 10.2. The van der Waals surface area contributed by atoms with Gasteiger partial charge in [-0.3, -0.25) is 0 Å². The minimum absolute atomic E-state index is 0.285. The van der Waals surface area contributed by atoms with Crippen LogP contribution in [-0.2, 0) is 6.54 Å². The Morgan fingerprint density at radius 1 is 1.15 bits per heavy atom. The number of benzene rings is 1. The Balaban J connectivity index is 1.83. The van der Waals surface area contributed by atoms with Gasteiger partial charge in [-0.25, -0.2) is 4.98 Å². The van der Waals surface area contributed by atoms with E-state index in [4.69, 9.17) is 9.52 Å². The lowest BCUT2D eigenvalue weighted by molar-refractivity contribution is 0.270. The van der Waals surface area contributed by atoms with Gasteiger partial charge in [-0.2, -0.15) is 0 Å². The van der Waals surface area contributed by atoms with Crippen molar-refractivity contribution in [2.45, 2.75) is 25.8 Å². The van der Waals surface area contributed by atoms with Gasteiger partial charge in [0.2, 0.25) is 5.89 Å². The summed E-state index contributed by atoms with van der Waals surface area (Å²) in [7, 11) is 2.08. The maximum Gasteiger partial charge on any atom is 0.226 e. The zero-order valence-electron chi connectivity index (χ0n) is 12.0. The Hall–Kier alpha value is -1.65. The summed E-state index contributed by atoms with van der Waals surface area (Å²) < 4.78 is 5.52. The molecule has 0 bridgehead atoms. The molecular weight excluding hydrogens is 252 g/mol. The van der Waals surface area contributed by atoms with Crippen molar-refractivity contribution >= 4 is 0 Å². The number of hydrogen-bond donors (Lipinski definition) is 1. The zero-order chi connectivity index (χ0) is 14.2. The third-order valence-corrected chi connectivity index (χ3v) is 3.20. The molecule has 0 fully saturated rings. The van der Waals surface area contributed by atoms with Crippen molar-refractivity contribution in [1.82, 2.24) is 9.88 Å². The molecule has 0 unspecified atom stereocenters. The quantitative estimate of drug-likeness (QED) is 0.752. The number of hydrogen-bond acceptors (Lipinski definition) is 4. The molecule has 0 radical (unpaired) electrons. The number of unbranched alkanes of at least 4 members (excludes halogenated alkanes) is 2. The maximum atomic E-state index is 8.74. The topological polar surface area (TPSA) is 49.5 Å². The first-order valence-electron chi connectivity index (χ1n) is 7.09. The highest BCUT2D eigenvalue weighted by atomic mass is 16.3. The zero-order valence-corrected chi connectivity index (χ0v) is 12.0. The fraction of sp³-hybridized carbons (Fsp3) is 0.438. The van der Waals surface area contributed by atoms with Crippen LogP contribution in [0.15, 0.2) is 41.0 Å². The molecule has 0 aliphatic heterocycles. The van der Waals surface area contributed by atoms with Crippen LogP contribution in [0.2, 0.25) is 0 Å². The number of aliphatic hydroxyl groups is 1. The van der Waals surface area contributed by atoms with E-state index < -0.39 is 0 Å². The summed E-state index contributed by atoms with van der Waals surface area (Å²) in [6.07, 6.45) is 4.78. The molecule has 0 aliphatic carbocycles.